The zero-order valence-electron chi connectivity index (χ0n) is 17.3. The van der Waals surface area contributed by atoms with Crippen molar-refractivity contribution in [1.82, 2.24) is 10.7 Å². The fourth-order valence-corrected chi connectivity index (χ4v) is 4.24. The Morgan fingerprint density at radius 1 is 1.16 bits per heavy atom. The van der Waals surface area contributed by atoms with Crippen LogP contribution in [-0.2, 0) is 11.2 Å². The Labute approximate surface area is 182 Å². The zero-order chi connectivity index (χ0) is 22.5. The Balaban J connectivity index is 1.55. The largest absolute Gasteiger partial charge is 0.573 e. The fourth-order valence-electron chi connectivity index (χ4n) is 4.24. The Morgan fingerprint density at radius 2 is 1.91 bits per heavy atom. The summed E-state index contributed by atoms with van der Waals surface area (Å²) in [5.41, 5.74) is 7.10. The second-order valence-electron chi connectivity index (χ2n) is 8.15. The smallest absolute Gasteiger partial charge is 0.406 e. The second kappa shape index (κ2) is 7.70. The van der Waals surface area contributed by atoms with Crippen LogP contribution >= 0.6 is 0 Å². The van der Waals surface area contributed by atoms with E-state index in [1.165, 1.54) is 12.1 Å². The number of amides is 1. The number of ether oxygens (including phenoxy) is 1. The summed E-state index contributed by atoms with van der Waals surface area (Å²) in [6, 6.07) is 9.83. The quantitative estimate of drug-likeness (QED) is 0.674. The lowest BCUT2D eigenvalue weighted by Crippen LogP contribution is -2.54. The molecule has 0 aliphatic carbocycles. The number of halogens is 3. The first-order chi connectivity index (χ1) is 15.3. The minimum atomic E-state index is -4.73. The third-order valence-electron chi connectivity index (χ3n) is 5.98. The van der Waals surface area contributed by atoms with Gasteiger partial charge in [0, 0.05) is 36.4 Å². The Kier molecular flexibility index (Phi) is 4.96. The van der Waals surface area contributed by atoms with E-state index in [-0.39, 0.29) is 23.7 Å². The molecule has 5 rings (SSSR count). The number of hydrogen-bond acceptors (Lipinski definition) is 6. The molecule has 32 heavy (non-hydrogen) atoms. The average molecular weight is 445 g/mol. The number of carbonyl (C=O) groups excluding carboxylic acids is 1. The van der Waals surface area contributed by atoms with Gasteiger partial charge in [-0.25, -0.2) is 5.43 Å². The predicted octanol–water partition coefficient (Wildman–Crippen LogP) is 3.22. The monoisotopic (exact) mass is 445 g/mol. The summed E-state index contributed by atoms with van der Waals surface area (Å²) < 4.78 is 41.6. The fraction of sp³-hybridized carbons (Fsp3) is 0.364. The molecule has 1 atom stereocenters. The van der Waals surface area contributed by atoms with Gasteiger partial charge in [-0.15, -0.1) is 13.2 Å². The van der Waals surface area contributed by atoms with Gasteiger partial charge >= 0.3 is 6.36 Å². The minimum Gasteiger partial charge on any atom is -0.406 e. The van der Waals surface area contributed by atoms with Crippen LogP contribution in [0.3, 0.4) is 0 Å². The zero-order valence-corrected chi connectivity index (χ0v) is 17.3. The van der Waals surface area contributed by atoms with E-state index < -0.39 is 6.36 Å². The van der Waals surface area contributed by atoms with E-state index >= 15 is 0 Å². The molecular weight excluding hydrogens is 423 g/mol. The first-order valence-electron chi connectivity index (χ1n) is 10.4. The number of hydrazone groups is 1. The standard InChI is InChI=1S/C22H22F3N5O2/c1-12-21(31)29-28-20-7-4-14-8-17(13-2-5-16(6-3-13)32-22(23,24)25)18(9-19(14)30(12)20)27-15-10-26-11-15/h2-3,5-6,8-9,12,15,26-27H,4,7,10-11H2,1H3,(H,29,31). The molecule has 3 N–H and O–H groups in total. The number of nitrogens with zero attached hydrogens (tertiary/aromatic N) is 2. The van der Waals surface area contributed by atoms with Crippen molar-refractivity contribution in [1.29, 1.82) is 0 Å². The van der Waals surface area contributed by atoms with E-state index in [1.54, 1.807) is 12.1 Å². The summed E-state index contributed by atoms with van der Waals surface area (Å²) in [5.74, 6) is 0.400. The maximum atomic E-state index is 12.5. The molecule has 3 heterocycles. The predicted molar refractivity (Wildman–Crippen MR) is 115 cm³/mol. The molecule has 7 nitrogen and oxygen atoms in total. The third-order valence-corrected chi connectivity index (χ3v) is 5.98. The summed E-state index contributed by atoms with van der Waals surface area (Å²) >= 11 is 0. The molecule has 1 unspecified atom stereocenters. The highest BCUT2D eigenvalue weighted by Gasteiger charge is 2.35. The Morgan fingerprint density at radius 3 is 2.56 bits per heavy atom. The maximum Gasteiger partial charge on any atom is 0.573 e. The molecule has 3 aliphatic heterocycles. The first kappa shape index (κ1) is 20.6. The highest BCUT2D eigenvalue weighted by atomic mass is 19.4. The van der Waals surface area contributed by atoms with Gasteiger partial charge in [0.1, 0.15) is 17.6 Å². The van der Waals surface area contributed by atoms with Gasteiger partial charge in [0.05, 0.1) is 6.04 Å². The highest BCUT2D eigenvalue weighted by molar-refractivity contribution is 6.09. The highest BCUT2D eigenvalue weighted by Crippen LogP contribution is 2.40. The molecule has 2 aromatic rings. The molecule has 0 aromatic heterocycles. The topological polar surface area (TPSA) is 78.0 Å². The molecule has 0 bridgehead atoms. The number of hydrogen-bond donors (Lipinski definition) is 3. The van der Waals surface area contributed by atoms with E-state index in [0.29, 0.717) is 6.42 Å². The van der Waals surface area contributed by atoms with E-state index in [4.69, 9.17) is 0 Å². The molecular formula is C22H22F3N5O2. The van der Waals surface area contributed by atoms with Crippen molar-refractivity contribution in [3.05, 3.63) is 42.0 Å². The summed E-state index contributed by atoms with van der Waals surface area (Å²) in [6.45, 7) is 3.49. The molecule has 1 saturated heterocycles. The Hall–Kier alpha value is -3.27. The number of carbonyl (C=O) groups is 1. The van der Waals surface area contributed by atoms with Gasteiger partial charge in [-0.1, -0.05) is 12.1 Å². The molecule has 1 fully saturated rings. The number of benzene rings is 2. The molecule has 1 amide bonds. The van der Waals surface area contributed by atoms with Crippen LogP contribution in [0.1, 0.15) is 18.9 Å². The number of rotatable bonds is 4. The number of anilines is 2. The maximum absolute atomic E-state index is 12.5. The van der Waals surface area contributed by atoms with Crippen molar-refractivity contribution < 1.29 is 22.7 Å². The van der Waals surface area contributed by atoms with Crippen molar-refractivity contribution in [2.45, 2.75) is 38.2 Å². The molecule has 10 heteroatoms. The van der Waals surface area contributed by atoms with E-state index in [2.05, 4.69) is 32.0 Å². The molecule has 2 aromatic carbocycles. The molecule has 0 spiro atoms. The summed E-state index contributed by atoms with van der Waals surface area (Å²) in [4.78, 5) is 14.2. The van der Waals surface area contributed by atoms with Crippen LogP contribution in [0.4, 0.5) is 24.5 Å². The van der Waals surface area contributed by atoms with E-state index in [1.807, 2.05) is 17.9 Å². The lowest BCUT2D eigenvalue weighted by molar-refractivity contribution is -0.274. The van der Waals surface area contributed by atoms with Crippen molar-refractivity contribution in [2.75, 3.05) is 23.3 Å². The van der Waals surface area contributed by atoms with Crippen molar-refractivity contribution in [3.63, 3.8) is 0 Å². The SMILES string of the molecule is CC1C(=O)NN=C2CCc3cc(-c4ccc(OC(F)(F)F)cc4)c(NC4CNC4)cc3N21. The molecule has 3 aliphatic rings. The summed E-state index contributed by atoms with van der Waals surface area (Å²) in [7, 11) is 0. The van der Waals surface area contributed by atoms with Gasteiger partial charge in [-0.05, 0) is 48.7 Å². The van der Waals surface area contributed by atoms with Crippen LogP contribution in [0.5, 0.6) is 5.75 Å². The van der Waals surface area contributed by atoms with Crippen LogP contribution in [0.15, 0.2) is 41.5 Å². The first-order valence-corrected chi connectivity index (χ1v) is 10.4. The average Bonchev–Trinajstić information content (AvgIpc) is 2.72. The van der Waals surface area contributed by atoms with Gasteiger partial charge in [-0.2, -0.15) is 5.10 Å². The van der Waals surface area contributed by atoms with Gasteiger partial charge in [0.15, 0.2) is 0 Å². The van der Waals surface area contributed by atoms with Gasteiger partial charge in [-0.3, -0.25) is 4.79 Å². The summed E-state index contributed by atoms with van der Waals surface area (Å²) in [5, 5.41) is 11.0. The third kappa shape index (κ3) is 3.86. The van der Waals surface area contributed by atoms with Crippen LogP contribution in [0.25, 0.3) is 11.1 Å². The van der Waals surface area contributed by atoms with Crippen LogP contribution in [0.2, 0.25) is 0 Å². The molecule has 0 radical (unpaired) electrons. The number of alkyl halides is 3. The van der Waals surface area contributed by atoms with Crippen molar-refractivity contribution >= 4 is 23.1 Å². The number of fused-ring (bicyclic) bond motifs is 3. The minimum absolute atomic E-state index is 0.163. The van der Waals surface area contributed by atoms with E-state index in [9.17, 15) is 18.0 Å². The number of amidine groups is 1. The van der Waals surface area contributed by atoms with Crippen LogP contribution in [0, 0.1) is 0 Å². The molecule has 0 saturated carbocycles. The van der Waals surface area contributed by atoms with Crippen LogP contribution in [-0.4, -0.2) is 43.3 Å². The number of aryl methyl sites for hydroxylation is 1. The van der Waals surface area contributed by atoms with Gasteiger partial charge in [0.25, 0.3) is 5.91 Å². The Bertz CT molecular complexity index is 1080. The lowest BCUT2D eigenvalue weighted by Gasteiger charge is -2.39. The number of nitrogens with one attached hydrogen (secondary N) is 3. The van der Waals surface area contributed by atoms with Gasteiger partial charge < -0.3 is 20.3 Å². The summed E-state index contributed by atoms with van der Waals surface area (Å²) in [6.07, 6.45) is -3.29. The normalized spacial score (nSPS) is 20.5. The van der Waals surface area contributed by atoms with Crippen molar-refractivity contribution in [3.8, 4) is 16.9 Å². The molecule has 168 valence electrons. The van der Waals surface area contributed by atoms with Gasteiger partial charge in [0.2, 0.25) is 0 Å². The second-order valence-corrected chi connectivity index (χ2v) is 8.15. The van der Waals surface area contributed by atoms with Crippen molar-refractivity contribution in [2.24, 2.45) is 5.10 Å². The lowest BCUT2D eigenvalue weighted by atomic mass is 9.92. The van der Waals surface area contributed by atoms with Crippen LogP contribution < -0.4 is 25.7 Å². The van der Waals surface area contributed by atoms with E-state index in [0.717, 1.165) is 53.4 Å².